The van der Waals surface area contributed by atoms with Crippen LogP contribution >= 0.6 is 12.4 Å². The lowest BCUT2D eigenvalue weighted by Crippen LogP contribution is -2.37. The van der Waals surface area contributed by atoms with E-state index < -0.39 is 0 Å². The lowest BCUT2D eigenvalue weighted by molar-refractivity contribution is -0.116. The molecule has 6 heteroatoms. The van der Waals surface area contributed by atoms with Crippen LogP contribution in [-0.4, -0.2) is 36.3 Å². The summed E-state index contributed by atoms with van der Waals surface area (Å²) in [4.78, 5) is 26.4. The van der Waals surface area contributed by atoms with E-state index in [9.17, 15) is 9.59 Å². The first-order valence-electron chi connectivity index (χ1n) is 9.49. The average molecular weight is 382 g/mol. The molecule has 0 aliphatic carbocycles. The molecule has 1 saturated heterocycles. The summed E-state index contributed by atoms with van der Waals surface area (Å²) in [6.07, 6.45) is 6.69. The van der Waals surface area contributed by atoms with E-state index in [1.54, 1.807) is 12.1 Å². The monoisotopic (exact) mass is 381 g/mol. The molecular weight excluding hydrogens is 350 g/mol. The van der Waals surface area contributed by atoms with Gasteiger partial charge in [0.05, 0.1) is 0 Å². The molecule has 3 N–H and O–H groups in total. The zero-order valence-electron chi connectivity index (χ0n) is 15.7. The van der Waals surface area contributed by atoms with Crippen molar-refractivity contribution in [3.05, 3.63) is 29.8 Å². The van der Waals surface area contributed by atoms with Crippen molar-refractivity contribution >= 4 is 29.9 Å². The van der Waals surface area contributed by atoms with Crippen LogP contribution in [0.2, 0.25) is 0 Å². The van der Waals surface area contributed by atoms with Gasteiger partial charge in [0.1, 0.15) is 0 Å². The predicted molar refractivity (Wildman–Crippen MR) is 109 cm³/mol. The molecule has 146 valence electrons. The van der Waals surface area contributed by atoms with Crippen molar-refractivity contribution in [1.82, 2.24) is 4.90 Å². The molecular formula is C20H32ClN3O2. The van der Waals surface area contributed by atoms with Crippen LogP contribution in [0, 0.1) is 5.92 Å². The number of anilines is 1. The van der Waals surface area contributed by atoms with Crippen LogP contribution in [0.3, 0.4) is 0 Å². The van der Waals surface area contributed by atoms with E-state index in [0.29, 0.717) is 24.4 Å². The third-order valence-electron chi connectivity index (χ3n) is 4.84. The fraction of sp³-hybridized carbons (Fsp3) is 0.600. The van der Waals surface area contributed by atoms with E-state index in [-0.39, 0.29) is 24.2 Å². The number of likely N-dealkylation sites (tertiary alicyclic amines) is 1. The number of amides is 2. The molecule has 2 rings (SSSR count). The van der Waals surface area contributed by atoms with Crippen LogP contribution in [-0.2, 0) is 4.79 Å². The van der Waals surface area contributed by atoms with Gasteiger partial charge in [-0.2, -0.15) is 0 Å². The van der Waals surface area contributed by atoms with Crippen molar-refractivity contribution in [3.63, 3.8) is 0 Å². The number of nitrogens with zero attached hydrogens (tertiary/aromatic N) is 1. The second-order valence-corrected chi connectivity index (χ2v) is 7.05. The topological polar surface area (TPSA) is 75.4 Å². The molecule has 26 heavy (non-hydrogen) atoms. The predicted octanol–water partition coefficient (Wildman–Crippen LogP) is 3.83. The molecule has 5 nitrogen and oxygen atoms in total. The van der Waals surface area contributed by atoms with Gasteiger partial charge < -0.3 is 16.0 Å². The van der Waals surface area contributed by atoms with Gasteiger partial charge in [0.25, 0.3) is 5.91 Å². The minimum atomic E-state index is 0. The van der Waals surface area contributed by atoms with Crippen molar-refractivity contribution in [2.45, 2.75) is 51.9 Å². The molecule has 0 unspecified atom stereocenters. The Balaban J connectivity index is 0.00000338. The Morgan fingerprint density at radius 2 is 1.69 bits per heavy atom. The highest BCUT2D eigenvalue weighted by molar-refractivity contribution is 5.95. The third-order valence-corrected chi connectivity index (χ3v) is 4.84. The van der Waals surface area contributed by atoms with E-state index in [2.05, 4.69) is 12.2 Å². The molecule has 1 aliphatic rings. The first kappa shape index (κ1) is 22.5. The number of nitrogens with two attached hydrogens (primary N) is 1. The van der Waals surface area contributed by atoms with Crippen molar-refractivity contribution in [2.75, 3.05) is 25.0 Å². The third kappa shape index (κ3) is 7.34. The number of nitrogens with one attached hydrogen (secondary N) is 1. The lowest BCUT2D eigenvalue weighted by atomic mass is 9.98. The maximum Gasteiger partial charge on any atom is 0.253 e. The molecule has 0 radical (unpaired) electrons. The van der Waals surface area contributed by atoms with Crippen LogP contribution < -0.4 is 11.1 Å². The minimum Gasteiger partial charge on any atom is -0.339 e. The molecule has 1 aromatic rings. The van der Waals surface area contributed by atoms with Gasteiger partial charge in [0, 0.05) is 30.8 Å². The summed E-state index contributed by atoms with van der Waals surface area (Å²) < 4.78 is 0. The van der Waals surface area contributed by atoms with Crippen molar-refractivity contribution < 1.29 is 9.59 Å². The van der Waals surface area contributed by atoms with Gasteiger partial charge >= 0.3 is 0 Å². The highest BCUT2D eigenvalue weighted by Crippen LogP contribution is 2.19. The second kappa shape index (κ2) is 11.9. The number of rotatable bonds is 8. The quantitative estimate of drug-likeness (QED) is 0.672. The van der Waals surface area contributed by atoms with Crippen molar-refractivity contribution in [3.8, 4) is 0 Å². The number of benzene rings is 1. The number of unbranched alkanes of at least 4 members (excludes halogenated alkanes) is 3. The van der Waals surface area contributed by atoms with Crippen molar-refractivity contribution in [2.24, 2.45) is 11.7 Å². The Bertz CT molecular complexity index is 555. The fourth-order valence-electron chi connectivity index (χ4n) is 3.10. The minimum absolute atomic E-state index is 0. The zero-order valence-corrected chi connectivity index (χ0v) is 16.5. The second-order valence-electron chi connectivity index (χ2n) is 7.05. The lowest BCUT2D eigenvalue weighted by Gasteiger charge is -2.30. The van der Waals surface area contributed by atoms with Gasteiger partial charge in [-0.1, -0.05) is 19.8 Å². The zero-order chi connectivity index (χ0) is 18.1. The number of hydrogen-bond acceptors (Lipinski definition) is 3. The highest BCUT2D eigenvalue weighted by Gasteiger charge is 2.21. The fourth-order valence-corrected chi connectivity index (χ4v) is 3.10. The summed E-state index contributed by atoms with van der Waals surface area (Å²) in [6.45, 7) is 4.62. The molecule has 1 heterocycles. The smallest absolute Gasteiger partial charge is 0.253 e. The first-order valence-corrected chi connectivity index (χ1v) is 9.49. The molecule has 1 aromatic carbocycles. The van der Waals surface area contributed by atoms with Crippen molar-refractivity contribution in [1.29, 1.82) is 0 Å². The molecule has 0 spiro atoms. The number of hydrogen-bond donors (Lipinski definition) is 2. The molecule has 1 aliphatic heterocycles. The highest BCUT2D eigenvalue weighted by atomic mass is 35.5. The summed E-state index contributed by atoms with van der Waals surface area (Å²) in [5.74, 6) is 0.818. The summed E-state index contributed by atoms with van der Waals surface area (Å²) in [5.41, 5.74) is 6.89. The van der Waals surface area contributed by atoms with Crippen LogP contribution in [0.25, 0.3) is 0 Å². The summed E-state index contributed by atoms with van der Waals surface area (Å²) in [7, 11) is 0. The average Bonchev–Trinajstić information content (AvgIpc) is 2.62. The van der Waals surface area contributed by atoms with E-state index in [4.69, 9.17) is 5.73 Å². The van der Waals surface area contributed by atoms with Gasteiger partial charge in [-0.25, -0.2) is 0 Å². The van der Waals surface area contributed by atoms with Crippen LogP contribution in [0.5, 0.6) is 0 Å². The molecule has 1 fully saturated rings. The summed E-state index contributed by atoms with van der Waals surface area (Å²) >= 11 is 0. The van der Waals surface area contributed by atoms with E-state index in [1.165, 1.54) is 0 Å². The standard InChI is InChI=1S/C20H31N3O2.ClH/c1-16-11-14-23(15-12-16)20(25)17-7-9-18(10-8-17)22-19(24)6-4-2-3-5-13-21;/h7-10,16H,2-6,11-15,21H2,1H3,(H,22,24);1H. The molecule has 0 aromatic heterocycles. The normalized spacial score (nSPS) is 14.6. The number of piperidine rings is 1. The molecule has 0 bridgehead atoms. The SMILES string of the molecule is CC1CCN(C(=O)c2ccc(NC(=O)CCCCCCN)cc2)CC1.Cl. The molecule has 2 amide bonds. The van der Waals surface area contributed by atoms with E-state index in [1.807, 2.05) is 17.0 Å². The van der Waals surface area contributed by atoms with Gasteiger partial charge in [0.15, 0.2) is 0 Å². The Morgan fingerprint density at radius 3 is 2.31 bits per heavy atom. The Kier molecular flexibility index (Phi) is 10.3. The van der Waals surface area contributed by atoms with Crippen LogP contribution in [0.4, 0.5) is 5.69 Å². The van der Waals surface area contributed by atoms with E-state index in [0.717, 1.165) is 57.3 Å². The maximum atomic E-state index is 12.5. The molecule has 0 atom stereocenters. The van der Waals surface area contributed by atoms with E-state index >= 15 is 0 Å². The Hall–Kier alpha value is -1.59. The Labute approximate surface area is 163 Å². The maximum absolute atomic E-state index is 12.5. The number of carbonyl (C=O) groups is 2. The molecule has 0 saturated carbocycles. The summed E-state index contributed by atoms with van der Waals surface area (Å²) in [5, 5.41) is 2.90. The van der Waals surface area contributed by atoms with Crippen LogP contribution in [0.15, 0.2) is 24.3 Å². The van der Waals surface area contributed by atoms with Gasteiger partial charge in [-0.05, 0) is 62.4 Å². The van der Waals surface area contributed by atoms with Crippen LogP contribution in [0.1, 0.15) is 62.2 Å². The largest absolute Gasteiger partial charge is 0.339 e. The number of carbonyl (C=O) groups excluding carboxylic acids is 2. The van der Waals surface area contributed by atoms with Gasteiger partial charge in [-0.15, -0.1) is 12.4 Å². The Morgan fingerprint density at radius 1 is 1.08 bits per heavy atom. The van der Waals surface area contributed by atoms with Gasteiger partial charge in [0.2, 0.25) is 5.91 Å². The first-order chi connectivity index (χ1) is 12.1. The van der Waals surface area contributed by atoms with Gasteiger partial charge in [-0.3, -0.25) is 9.59 Å². The summed E-state index contributed by atoms with van der Waals surface area (Å²) in [6, 6.07) is 7.23. The number of halogens is 1.